The van der Waals surface area contributed by atoms with Crippen LogP contribution in [0.5, 0.6) is 0 Å². The summed E-state index contributed by atoms with van der Waals surface area (Å²) in [6.45, 7) is 10.6. The smallest absolute Gasteiger partial charge is 0.238 e. The lowest BCUT2D eigenvalue weighted by Gasteiger charge is -2.33. The highest BCUT2D eigenvalue weighted by atomic mass is 32.1. The molecule has 0 aliphatic carbocycles. The third kappa shape index (κ3) is 6.62. The number of carbonyl (C=O) groups is 2. The van der Waals surface area contributed by atoms with Gasteiger partial charge in [0, 0.05) is 56.4 Å². The predicted molar refractivity (Wildman–Crippen MR) is 117 cm³/mol. The summed E-state index contributed by atoms with van der Waals surface area (Å²) in [5.74, 6) is 0.407. The lowest BCUT2D eigenvalue weighted by atomic mass is 10.0. The van der Waals surface area contributed by atoms with Gasteiger partial charge in [-0.05, 0) is 23.6 Å². The summed E-state index contributed by atoms with van der Waals surface area (Å²) in [6, 6.07) is 8.07. The number of carbonyl (C=O) groups excluding carboxylic acids is 2. The van der Waals surface area contributed by atoms with Crippen LogP contribution in [0.4, 0.5) is 10.8 Å². The Labute approximate surface area is 176 Å². The first-order valence-electron chi connectivity index (χ1n) is 9.96. The number of aromatic nitrogens is 1. The number of thiazole rings is 1. The summed E-state index contributed by atoms with van der Waals surface area (Å²) >= 11 is 1.51. The van der Waals surface area contributed by atoms with Crippen molar-refractivity contribution in [1.29, 1.82) is 0 Å². The fraction of sp³-hybridized carbons (Fsp3) is 0.476. The molecule has 3 rings (SSSR count). The van der Waals surface area contributed by atoms with Crippen LogP contribution < -0.4 is 10.6 Å². The van der Waals surface area contributed by atoms with Crippen molar-refractivity contribution < 1.29 is 9.59 Å². The van der Waals surface area contributed by atoms with E-state index >= 15 is 0 Å². The van der Waals surface area contributed by atoms with Crippen LogP contribution in [0, 0.1) is 0 Å². The largest absolute Gasteiger partial charge is 0.325 e. The van der Waals surface area contributed by atoms with Crippen LogP contribution >= 0.6 is 11.3 Å². The van der Waals surface area contributed by atoms with E-state index in [0.717, 1.165) is 43.3 Å². The fourth-order valence-corrected chi connectivity index (χ4v) is 4.17. The van der Waals surface area contributed by atoms with Crippen LogP contribution in [-0.4, -0.2) is 59.3 Å². The lowest BCUT2D eigenvalue weighted by molar-refractivity contribution is -0.117. The van der Waals surface area contributed by atoms with Gasteiger partial charge in [0.05, 0.1) is 6.54 Å². The molecule has 8 heteroatoms. The summed E-state index contributed by atoms with van der Waals surface area (Å²) in [5.41, 5.74) is 2.11. The molecule has 1 aliphatic heterocycles. The van der Waals surface area contributed by atoms with E-state index < -0.39 is 0 Å². The molecule has 1 saturated heterocycles. The zero-order valence-corrected chi connectivity index (χ0v) is 18.1. The van der Waals surface area contributed by atoms with E-state index in [0.29, 0.717) is 17.6 Å². The quantitative estimate of drug-likeness (QED) is 0.727. The Kier molecular flexibility index (Phi) is 7.35. The Morgan fingerprint density at radius 3 is 2.34 bits per heavy atom. The van der Waals surface area contributed by atoms with Crippen LogP contribution in [0.15, 0.2) is 30.5 Å². The van der Waals surface area contributed by atoms with Crippen molar-refractivity contribution in [2.45, 2.75) is 33.2 Å². The van der Waals surface area contributed by atoms with E-state index in [4.69, 9.17) is 0 Å². The van der Waals surface area contributed by atoms with Gasteiger partial charge in [-0.3, -0.25) is 19.4 Å². The van der Waals surface area contributed by atoms with Crippen LogP contribution in [-0.2, 0) is 16.1 Å². The van der Waals surface area contributed by atoms with Crippen molar-refractivity contribution in [1.82, 2.24) is 14.8 Å². The van der Waals surface area contributed by atoms with Crippen LogP contribution in [0.1, 0.15) is 37.1 Å². The number of nitrogens with one attached hydrogen (secondary N) is 2. The molecule has 7 nitrogen and oxygen atoms in total. The molecule has 0 bridgehead atoms. The number of hydrogen-bond donors (Lipinski definition) is 2. The van der Waals surface area contributed by atoms with Gasteiger partial charge in [0.2, 0.25) is 11.8 Å². The second-order valence-electron chi connectivity index (χ2n) is 7.69. The molecule has 1 aliphatic rings. The first kappa shape index (κ1) is 21.4. The highest BCUT2D eigenvalue weighted by Gasteiger charge is 2.20. The van der Waals surface area contributed by atoms with Gasteiger partial charge in [-0.2, -0.15) is 0 Å². The Morgan fingerprint density at radius 1 is 1.07 bits per heavy atom. The normalized spacial score (nSPS) is 15.4. The first-order chi connectivity index (χ1) is 13.9. The van der Waals surface area contributed by atoms with Crippen molar-refractivity contribution in [3.05, 3.63) is 40.9 Å². The Bertz CT molecular complexity index is 826. The van der Waals surface area contributed by atoms with Crippen molar-refractivity contribution in [3.8, 4) is 0 Å². The van der Waals surface area contributed by atoms with Crippen molar-refractivity contribution in [2.24, 2.45) is 0 Å². The van der Waals surface area contributed by atoms with E-state index in [1.807, 2.05) is 18.3 Å². The number of hydrogen-bond acceptors (Lipinski definition) is 6. The zero-order valence-electron chi connectivity index (χ0n) is 17.3. The number of piperazine rings is 1. The standard InChI is InChI=1S/C21H29N5O2S/c1-15(2)17-4-6-18(7-5-17)24-20(28)14-26-10-8-25(9-11-26)13-19-12-22-21(29-19)23-16(3)27/h4-7,12,15H,8-11,13-14H2,1-3H3,(H,24,28)(H,22,23,27). The van der Waals surface area contributed by atoms with Gasteiger partial charge < -0.3 is 10.6 Å². The minimum atomic E-state index is -0.103. The fourth-order valence-electron chi connectivity index (χ4n) is 3.27. The predicted octanol–water partition coefficient (Wildman–Crippen LogP) is 2.98. The van der Waals surface area contributed by atoms with Gasteiger partial charge >= 0.3 is 0 Å². The van der Waals surface area contributed by atoms with Crippen molar-refractivity contribution in [3.63, 3.8) is 0 Å². The maximum Gasteiger partial charge on any atom is 0.238 e. The number of anilines is 2. The summed E-state index contributed by atoms with van der Waals surface area (Å²) in [5, 5.41) is 6.35. The number of benzene rings is 1. The molecule has 2 heterocycles. The summed E-state index contributed by atoms with van der Waals surface area (Å²) in [7, 11) is 0. The Morgan fingerprint density at radius 2 is 1.72 bits per heavy atom. The van der Waals surface area contributed by atoms with Crippen LogP contribution in [0.3, 0.4) is 0 Å². The molecule has 1 aromatic heterocycles. The second kappa shape index (κ2) is 9.96. The van der Waals surface area contributed by atoms with Crippen LogP contribution in [0.2, 0.25) is 0 Å². The number of amides is 2. The molecule has 1 fully saturated rings. The number of rotatable bonds is 7. The molecule has 0 spiro atoms. The van der Waals surface area contributed by atoms with Crippen LogP contribution in [0.25, 0.3) is 0 Å². The maximum absolute atomic E-state index is 12.4. The molecule has 2 aromatic rings. The molecule has 156 valence electrons. The van der Waals surface area contributed by atoms with E-state index in [9.17, 15) is 9.59 Å². The molecule has 0 unspecified atom stereocenters. The van der Waals surface area contributed by atoms with Crippen molar-refractivity contribution >= 4 is 34.0 Å². The first-order valence-corrected chi connectivity index (χ1v) is 10.8. The summed E-state index contributed by atoms with van der Waals surface area (Å²) in [4.78, 5) is 33.3. The molecule has 1 aromatic carbocycles. The molecule has 0 atom stereocenters. The highest BCUT2D eigenvalue weighted by Crippen LogP contribution is 2.20. The Hall–Kier alpha value is -2.29. The van der Waals surface area contributed by atoms with Crippen molar-refractivity contribution in [2.75, 3.05) is 43.4 Å². The topological polar surface area (TPSA) is 77.6 Å². The van der Waals surface area contributed by atoms with Gasteiger partial charge in [-0.15, -0.1) is 11.3 Å². The highest BCUT2D eigenvalue weighted by molar-refractivity contribution is 7.15. The van der Waals surface area contributed by atoms with E-state index in [1.165, 1.54) is 23.8 Å². The maximum atomic E-state index is 12.4. The molecular weight excluding hydrogens is 386 g/mol. The average molecular weight is 416 g/mol. The van der Waals surface area contributed by atoms with Gasteiger partial charge in [-0.25, -0.2) is 4.98 Å². The molecule has 0 radical (unpaired) electrons. The SMILES string of the molecule is CC(=O)Nc1ncc(CN2CCN(CC(=O)Nc3ccc(C(C)C)cc3)CC2)s1. The summed E-state index contributed by atoms with van der Waals surface area (Å²) in [6.07, 6.45) is 1.82. The molecule has 0 saturated carbocycles. The minimum Gasteiger partial charge on any atom is -0.325 e. The molecule has 2 N–H and O–H groups in total. The van der Waals surface area contributed by atoms with E-state index in [1.54, 1.807) is 0 Å². The molecular formula is C21H29N5O2S. The van der Waals surface area contributed by atoms with E-state index in [-0.39, 0.29) is 11.8 Å². The second-order valence-corrected chi connectivity index (χ2v) is 8.81. The third-order valence-electron chi connectivity index (χ3n) is 4.91. The van der Waals surface area contributed by atoms with Gasteiger partial charge in [-0.1, -0.05) is 26.0 Å². The number of nitrogens with zero attached hydrogens (tertiary/aromatic N) is 3. The molecule has 29 heavy (non-hydrogen) atoms. The van der Waals surface area contributed by atoms with E-state index in [2.05, 4.69) is 51.4 Å². The summed E-state index contributed by atoms with van der Waals surface area (Å²) < 4.78 is 0. The van der Waals surface area contributed by atoms with Gasteiger partial charge in [0.15, 0.2) is 5.13 Å². The van der Waals surface area contributed by atoms with Gasteiger partial charge in [0.25, 0.3) is 0 Å². The lowest BCUT2D eigenvalue weighted by Crippen LogP contribution is -2.48. The molecule has 2 amide bonds. The Balaban J connectivity index is 1.40. The van der Waals surface area contributed by atoms with Gasteiger partial charge in [0.1, 0.15) is 0 Å². The zero-order chi connectivity index (χ0) is 20.8. The third-order valence-corrected chi connectivity index (χ3v) is 5.81. The minimum absolute atomic E-state index is 0.0261. The monoisotopic (exact) mass is 415 g/mol. The average Bonchev–Trinajstić information content (AvgIpc) is 3.09.